The maximum atomic E-state index is 12.0. The van der Waals surface area contributed by atoms with Crippen LogP contribution in [0.3, 0.4) is 0 Å². The molecular weight excluding hydrogens is 312 g/mol. The fraction of sp³-hybridized carbons (Fsp3) is 0.294. The highest BCUT2D eigenvalue weighted by Gasteiger charge is 2.14. The Kier molecular flexibility index (Phi) is 5.83. The Labute approximate surface area is 139 Å². The van der Waals surface area contributed by atoms with Gasteiger partial charge in [-0.05, 0) is 24.6 Å². The Balaban J connectivity index is 1.81. The van der Waals surface area contributed by atoms with Crippen LogP contribution >= 0.6 is 0 Å². The van der Waals surface area contributed by atoms with Crippen molar-refractivity contribution in [2.75, 3.05) is 20.3 Å². The highest BCUT2D eigenvalue weighted by Crippen LogP contribution is 2.25. The molecule has 1 amide bonds. The van der Waals surface area contributed by atoms with E-state index in [1.54, 1.807) is 19.2 Å². The number of rotatable bonds is 7. The minimum Gasteiger partial charge on any atom is -0.502 e. The van der Waals surface area contributed by atoms with Crippen LogP contribution in [0.25, 0.3) is 0 Å². The van der Waals surface area contributed by atoms with E-state index in [4.69, 9.17) is 9.47 Å². The Morgan fingerprint density at radius 2 is 1.96 bits per heavy atom. The van der Waals surface area contributed by atoms with Gasteiger partial charge < -0.3 is 24.5 Å². The number of pyridine rings is 1. The van der Waals surface area contributed by atoms with E-state index >= 15 is 0 Å². The molecule has 0 saturated carbocycles. The minimum absolute atomic E-state index is 0.0382. The van der Waals surface area contributed by atoms with Crippen molar-refractivity contribution in [2.45, 2.75) is 6.42 Å². The molecule has 0 aliphatic carbocycles. The first kappa shape index (κ1) is 17.4. The molecule has 0 spiro atoms. The van der Waals surface area contributed by atoms with Gasteiger partial charge in [-0.3, -0.25) is 9.59 Å². The lowest BCUT2D eigenvalue weighted by Gasteiger charge is -2.11. The van der Waals surface area contributed by atoms with E-state index < -0.39 is 17.2 Å². The Bertz CT molecular complexity index is 770. The van der Waals surface area contributed by atoms with Crippen molar-refractivity contribution in [2.24, 2.45) is 7.05 Å². The highest BCUT2D eigenvalue weighted by molar-refractivity contribution is 5.96. The molecule has 2 aromatic rings. The number of nitrogens with one attached hydrogen (secondary N) is 1. The van der Waals surface area contributed by atoms with Gasteiger partial charge in [0.1, 0.15) is 0 Å². The van der Waals surface area contributed by atoms with Gasteiger partial charge in [0.2, 0.25) is 0 Å². The number of benzene rings is 1. The van der Waals surface area contributed by atoms with Crippen LogP contribution in [-0.4, -0.2) is 35.8 Å². The minimum atomic E-state index is -0.609. The number of nitrogens with zero attached hydrogens (tertiary/aromatic N) is 1. The average molecular weight is 332 g/mol. The van der Waals surface area contributed by atoms with Crippen molar-refractivity contribution in [3.8, 4) is 17.2 Å². The van der Waals surface area contributed by atoms with Crippen LogP contribution in [0.5, 0.6) is 17.2 Å². The van der Waals surface area contributed by atoms with Crippen LogP contribution in [0.2, 0.25) is 0 Å². The third-order valence-corrected chi connectivity index (χ3v) is 3.42. The fourth-order valence-electron chi connectivity index (χ4n) is 2.09. The summed E-state index contributed by atoms with van der Waals surface area (Å²) >= 11 is 0. The third kappa shape index (κ3) is 4.07. The van der Waals surface area contributed by atoms with E-state index in [9.17, 15) is 14.7 Å². The third-order valence-electron chi connectivity index (χ3n) is 3.42. The zero-order valence-electron chi connectivity index (χ0n) is 13.6. The number of aryl methyl sites for hydroxylation is 1. The smallest absolute Gasteiger partial charge is 0.293 e. The van der Waals surface area contributed by atoms with E-state index in [-0.39, 0.29) is 5.56 Å². The van der Waals surface area contributed by atoms with Crippen molar-refractivity contribution in [1.82, 2.24) is 9.88 Å². The summed E-state index contributed by atoms with van der Waals surface area (Å²) in [5, 5.41) is 12.4. The highest BCUT2D eigenvalue weighted by atomic mass is 16.5. The molecule has 1 aromatic carbocycles. The number of carbonyl (C=O) groups excluding carboxylic acids is 1. The van der Waals surface area contributed by atoms with Gasteiger partial charge in [0, 0.05) is 19.8 Å². The lowest BCUT2D eigenvalue weighted by atomic mass is 10.2. The molecule has 1 heterocycles. The molecule has 7 heteroatoms. The standard InChI is InChI=1S/C17H20N2O5/c1-19-10-8-12(15(20)17(19)22)16(21)18-9-5-11-24-14-7-4-3-6-13(14)23-2/h3-4,6-8,10,20H,5,9,11H2,1-2H3,(H,18,21). The molecule has 0 fully saturated rings. The monoisotopic (exact) mass is 332 g/mol. The van der Waals surface area contributed by atoms with E-state index in [2.05, 4.69) is 5.32 Å². The van der Waals surface area contributed by atoms with Crippen molar-refractivity contribution in [1.29, 1.82) is 0 Å². The molecule has 0 saturated heterocycles. The van der Waals surface area contributed by atoms with E-state index in [0.29, 0.717) is 31.1 Å². The molecule has 0 bridgehead atoms. The normalized spacial score (nSPS) is 10.2. The van der Waals surface area contributed by atoms with Crippen molar-refractivity contribution in [3.63, 3.8) is 0 Å². The maximum absolute atomic E-state index is 12.0. The SMILES string of the molecule is COc1ccccc1OCCCNC(=O)c1ccn(C)c(=O)c1O. The predicted molar refractivity (Wildman–Crippen MR) is 88.8 cm³/mol. The molecule has 0 radical (unpaired) electrons. The number of aromatic nitrogens is 1. The molecule has 2 N–H and O–H groups in total. The van der Waals surface area contributed by atoms with Crippen LogP contribution in [0, 0.1) is 0 Å². The van der Waals surface area contributed by atoms with Gasteiger partial charge in [-0.1, -0.05) is 12.1 Å². The summed E-state index contributed by atoms with van der Waals surface area (Å²) in [6.45, 7) is 0.742. The van der Waals surface area contributed by atoms with Crippen LogP contribution < -0.4 is 20.3 Å². The second-order valence-corrected chi connectivity index (χ2v) is 5.10. The zero-order chi connectivity index (χ0) is 17.5. The number of hydrogen-bond donors (Lipinski definition) is 2. The van der Waals surface area contributed by atoms with E-state index in [1.165, 1.54) is 23.9 Å². The fourth-order valence-corrected chi connectivity index (χ4v) is 2.09. The van der Waals surface area contributed by atoms with Crippen LogP contribution in [0.15, 0.2) is 41.3 Å². The van der Waals surface area contributed by atoms with E-state index in [0.717, 1.165) is 0 Å². The number of aromatic hydroxyl groups is 1. The average Bonchev–Trinajstić information content (AvgIpc) is 2.59. The molecule has 7 nitrogen and oxygen atoms in total. The summed E-state index contributed by atoms with van der Waals surface area (Å²) in [7, 11) is 3.07. The van der Waals surface area contributed by atoms with Crippen molar-refractivity contribution < 1.29 is 19.4 Å². The first-order valence-electron chi connectivity index (χ1n) is 7.47. The van der Waals surface area contributed by atoms with Gasteiger partial charge in [0.05, 0.1) is 19.3 Å². The van der Waals surface area contributed by atoms with Crippen LogP contribution in [0.4, 0.5) is 0 Å². The van der Waals surface area contributed by atoms with E-state index in [1.807, 2.05) is 12.1 Å². The number of ether oxygens (including phenoxy) is 2. The molecule has 0 atom stereocenters. The molecule has 0 aliphatic heterocycles. The maximum Gasteiger partial charge on any atom is 0.293 e. The topological polar surface area (TPSA) is 89.8 Å². The van der Waals surface area contributed by atoms with Crippen LogP contribution in [0.1, 0.15) is 16.8 Å². The first-order chi connectivity index (χ1) is 11.5. The van der Waals surface area contributed by atoms with Gasteiger partial charge in [-0.15, -0.1) is 0 Å². The van der Waals surface area contributed by atoms with Gasteiger partial charge >= 0.3 is 0 Å². The number of amides is 1. The van der Waals surface area contributed by atoms with Crippen molar-refractivity contribution >= 4 is 5.91 Å². The lowest BCUT2D eigenvalue weighted by Crippen LogP contribution is -2.28. The summed E-state index contributed by atoms with van der Waals surface area (Å²) < 4.78 is 12.0. The van der Waals surface area contributed by atoms with Gasteiger partial charge in [0.25, 0.3) is 11.5 Å². The summed E-state index contributed by atoms with van der Waals surface area (Å²) in [5.41, 5.74) is -0.647. The quantitative estimate of drug-likeness (QED) is 0.746. The summed E-state index contributed by atoms with van der Waals surface area (Å²) in [6.07, 6.45) is 2.00. The number of methoxy groups -OCH3 is 1. The number of para-hydroxylation sites is 2. The molecule has 2 rings (SSSR count). The van der Waals surface area contributed by atoms with Gasteiger partial charge in [-0.25, -0.2) is 0 Å². The van der Waals surface area contributed by atoms with Crippen LogP contribution in [-0.2, 0) is 7.05 Å². The molecular formula is C17H20N2O5. The second kappa shape index (κ2) is 8.05. The molecule has 0 unspecified atom stereocenters. The number of hydrogen-bond acceptors (Lipinski definition) is 5. The summed E-state index contributed by atoms with van der Waals surface area (Å²) in [4.78, 5) is 23.6. The zero-order valence-corrected chi connectivity index (χ0v) is 13.6. The van der Waals surface area contributed by atoms with Gasteiger partial charge in [-0.2, -0.15) is 0 Å². The molecule has 0 aliphatic rings. The molecule has 128 valence electrons. The second-order valence-electron chi connectivity index (χ2n) is 5.10. The summed E-state index contributed by atoms with van der Waals surface area (Å²) in [5.74, 6) is 0.229. The largest absolute Gasteiger partial charge is 0.502 e. The molecule has 24 heavy (non-hydrogen) atoms. The number of carbonyl (C=O) groups is 1. The molecule has 1 aromatic heterocycles. The Morgan fingerprint density at radius 3 is 2.67 bits per heavy atom. The van der Waals surface area contributed by atoms with Gasteiger partial charge in [0.15, 0.2) is 17.2 Å². The Hall–Kier alpha value is -2.96. The predicted octanol–water partition coefficient (Wildman–Crippen LogP) is 1.30. The Morgan fingerprint density at radius 1 is 1.25 bits per heavy atom. The van der Waals surface area contributed by atoms with Crippen molar-refractivity contribution in [3.05, 3.63) is 52.4 Å². The first-order valence-corrected chi connectivity index (χ1v) is 7.47. The summed E-state index contributed by atoms with van der Waals surface area (Å²) in [6, 6.07) is 8.70. The lowest BCUT2D eigenvalue weighted by molar-refractivity contribution is 0.0948.